The number of hydrogen-bond acceptors (Lipinski definition) is 3. The van der Waals surface area contributed by atoms with Gasteiger partial charge in [-0.3, -0.25) is 9.88 Å². The molecule has 2 N–H and O–H groups in total. The van der Waals surface area contributed by atoms with Crippen LogP contribution < -0.4 is 5.32 Å². The summed E-state index contributed by atoms with van der Waals surface area (Å²) < 4.78 is 0.933. The smallest absolute Gasteiger partial charge is 0.404 e. The SMILES string of the molecule is O=C(O)NC1CCN(Cc2cc(Cl)c3cncc(Br)c3c2)CC1. The normalized spacial score (nSPS) is 16.6. The molecular weight excluding hydrogens is 382 g/mol. The van der Waals surface area contributed by atoms with Gasteiger partial charge in [-0.25, -0.2) is 4.79 Å². The quantitative estimate of drug-likeness (QED) is 0.823. The summed E-state index contributed by atoms with van der Waals surface area (Å²) >= 11 is 9.90. The maximum Gasteiger partial charge on any atom is 0.404 e. The second-order valence-corrected chi connectivity index (χ2v) is 7.06. The minimum Gasteiger partial charge on any atom is -0.465 e. The zero-order valence-electron chi connectivity index (χ0n) is 12.4. The Morgan fingerprint density at radius 1 is 1.35 bits per heavy atom. The van der Waals surface area contributed by atoms with Crippen LogP contribution >= 0.6 is 27.5 Å². The van der Waals surface area contributed by atoms with Gasteiger partial charge in [-0.1, -0.05) is 11.6 Å². The number of likely N-dealkylation sites (tertiary alicyclic amines) is 1. The van der Waals surface area contributed by atoms with E-state index in [4.69, 9.17) is 16.7 Å². The average molecular weight is 399 g/mol. The summed E-state index contributed by atoms with van der Waals surface area (Å²) in [6, 6.07) is 4.18. The van der Waals surface area contributed by atoms with Crippen LogP contribution in [0.1, 0.15) is 18.4 Å². The van der Waals surface area contributed by atoms with E-state index in [1.165, 1.54) is 0 Å². The molecular formula is C16H17BrClN3O2. The molecule has 1 aromatic heterocycles. The van der Waals surface area contributed by atoms with Crippen LogP contribution in [0.2, 0.25) is 5.02 Å². The van der Waals surface area contributed by atoms with E-state index < -0.39 is 6.09 Å². The first-order chi connectivity index (χ1) is 11.0. The lowest BCUT2D eigenvalue weighted by atomic mass is 10.0. The van der Waals surface area contributed by atoms with E-state index in [9.17, 15) is 4.79 Å². The maximum absolute atomic E-state index is 10.7. The summed E-state index contributed by atoms with van der Waals surface area (Å²) in [5.41, 5.74) is 1.15. The van der Waals surface area contributed by atoms with Crippen molar-refractivity contribution in [3.8, 4) is 0 Å². The monoisotopic (exact) mass is 397 g/mol. The fourth-order valence-electron chi connectivity index (χ4n) is 3.01. The topological polar surface area (TPSA) is 65.5 Å². The summed E-state index contributed by atoms with van der Waals surface area (Å²) in [4.78, 5) is 17.2. The molecule has 1 aliphatic heterocycles. The molecule has 1 saturated heterocycles. The van der Waals surface area contributed by atoms with E-state index in [1.54, 1.807) is 12.4 Å². The van der Waals surface area contributed by atoms with E-state index in [0.717, 1.165) is 53.3 Å². The fraction of sp³-hybridized carbons (Fsp3) is 0.375. The van der Waals surface area contributed by atoms with Crippen LogP contribution in [0.15, 0.2) is 29.0 Å². The fourth-order valence-corrected chi connectivity index (χ4v) is 3.75. The number of piperidine rings is 1. The maximum atomic E-state index is 10.7. The highest BCUT2D eigenvalue weighted by Gasteiger charge is 2.20. The van der Waals surface area contributed by atoms with E-state index in [-0.39, 0.29) is 6.04 Å². The number of hydrogen-bond donors (Lipinski definition) is 2. The first-order valence-electron chi connectivity index (χ1n) is 7.46. The van der Waals surface area contributed by atoms with E-state index in [1.807, 2.05) is 6.07 Å². The van der Waals surface area contributed by atoms with Gasteiger partial charge in [0.2, 0.25) is 0 Å². The molecule has 1 aliphatic rings. The van der Waals surface area contributed by atoms with Crippen LogP contribution in [0.3, 0.4) is 0 Å². The van der Waals surface area contributed by atoms with Gasteiger partial charge in [0.15, 0.2) is 0 Å². The minimum absolute atomic E-state index is 0.0594. The van der Waals surface area contributed by atoms with Crippen molar-refractivity contribution in [2.24, 2.45) is 0 Å². The predicted molar refractivity (Wildman–Crippen MR) is 93.9 cm³/mol. The highest BCUT2D eigenvalue weighted by Crippen LogP contribution is 2.30. The van der Waals surface area contributed by atoms with E-state index >= 15 is 0 Å². The molecule has 1 amide bonds. The van der Waals surface area contributed by atoms with Gasteiger partial charge in [0.1, 0.15) is 0 Å². The molecule has 0 radical (unpaired) electrons. The molecule has 0 spiro atoms. The van der Waals surface area contributed by atoms with Crippen molar-refractivity contribution in [3.63, 3.8) is 0 Å². The van der Waals surface area contributed by atoms with Gasteiger partial charge < -0.3 is 10.4 Å². The van der Waals surface area contributed by atoms with E-state index in [0.29, 0.717) is 5.02 Å². The summed E-state index contributed by atoms with van der Waals surface area (Å²) in [7, 11) is 0. The zero-order valence-corrected chi connectivity index (χ0v) is 14.8. The zero-order chi connectivity index (χ0) is 16.4. The van der Waals surface area contributed by atoms with Gasteiger partial charge in [0.05, 0.1) is 5.02 Å². The summed E-state index contributed by atoms with van der Waals surface area (Å²) in [6.45, 7) is 2.56. The second-order valence-electron chi connectivity index (χ2n) is 5.79. The first-order valence-corrected chi connectivity index (χ1v) is 8.63. The number of fused-ring (bicyclic) bond motifs is 1. The Balaban J connectivity index is 1.71. The minimum atomic E-state index is -0.941. The van der Waals surface area contributed by atoms with Crippen LogP contribution in [0.5, 0.6) is 0 Å². The number of benzene rings is 1. The number of nitrogens with zero attached hydrogens (tertiary/aromatic N) is 2. The van der Waals surface area contributed by atoms with Gasteiger partial charge >= 0.3 is 6.09 Å². The molecule has 7 heteroatoms. The van der Waals surface area contributed by atoms with Crippen molar-refractivity contribution in [3.05, 3.63) is 39.6 Å². The van der Waals surface area contributed by atoms with Crippen molar-refractivity contribution < 1.29 is 9.90 Å². The third kappa shape index (κ3) is 3.94. The molecule has 122 valence electrons. The van der Waals surface area contributed by atoms with Crippen molar-refractivity contribution in [1.29, 1.82) is 0 Å². The van der Waals surface area contributed by atoms with Gasteiger partial charge in [0, 0.05) is 53.3 Å². The molecule has 0 saturated carbocycles. The third-order valence-electron chi connectivity index (χ3n) is 4.16. The lowest BCUT2D eigenvalue weighted by molar-refractivity contribution is 0.165. The van der Waals surface area contributed by atoms with Crippen LogP contribution in [-0.4, -0.2) is 40.2 Å². The third-order valence-corrected chi connectivity index (χ3v) is 5.10. The van der Waals surface area contributed by atoms with Crippen molar-refractivity contribution in [1.82, 2.24) is 15.2 Å². The molecule has 23 heavy (non-hydrogen) atoms. The molecule has 1 fully saturated rings. The number of carboxylic acid groups (broad SMARTS) is 1. The van der Waals surface area contributed by atoms with Crippen molar-refractivity contribution >= 4 is 44.4 Å². The highest BCUT2D eigenvalue weighted by atomic mass is 79.9. The van der Waals surface area contributed by atoms with Crippen LogP contribution in [0.4, 0.5) is 4.79 Å². The Bertz CT molecular complexity index is 733. The van der Waals surface area contributed by atoms with Crippen LogP contribution in [0, 0.1) is 0 Å². The molecule has 1 aromatic carbocycles. The number of amides is 1. The number of nitrogens with one attached hydrogen (secondary N) is 1. The summed E-state index contributed by atoms with van der Waals surface area (Å²) in [6.07, 6.45) is 4.27. The molecule has 2 aromatic rings. The van der Waals surface area contributed by atoms with Gasteiger partial charge in [-0.2, -0.15) is 0 Å². The Morgan fingerprint density at radius 2 is 2.09 bits per heavy atom. The van der Waals surface area contributed by atoms with Gasteiger partial charge in [-0.15, -0.1) is 0 Å². The molecule has 0 atom stereocenters. The number of halogens is 2. The lowest BCUT2D eigenvalue weighted by Crippen LogP contribution is -2.43. The van der Waals surface area contributed by atoms with Crippen molar-refractivity contribution in [2.45, 2.75) is 25.4 Å². The Labute approximate surface area is 147 Å². The van der Waals surface area contributed by atoms with Crippen LogP contribution in [-0.2, 0) is 6.54 Å². The molecule has 0 unspecified atom stereocenters. The molecule has 2 heterocycles. The largest absolute Gasteiger partial charge is 0.465 e. The molecule has 3 rings (SSSR count). The number of carbonyl (C=O) groups is 1. The second kappa shape index (κ2) is 7.03. The summed E-state index contributed by atoms with van der Waals surface area (Å²) in [5, 5.41) is 14.0. The lowest BCUT2D eigenvalue weighted by Gasteiger charge is -2.31. The van der Waals surface area contributed by atoms with Crippen molar-refractivity contribution in [2.75, 3.05) is 13.1 Å². The highest BCUT2D eigenvalue weighted by molar-refractivity contribution is 9.10. The standard InChI is InChI=1S/C16H17BrClN3O2/c17-14-8-19-7-13-12(14)5-10(6-15(13)18)9-21-3-1-11(2-4-21)20-16(22)23/h5-8,11,20H,1-4,9H2,(H,22,23). The Hall–Kier alpha value is -1.37. The first kappa shape index (κ1) is 16.5. The Morgan fingerprint density at radius 3 is 2.78 bits per heavy atom. The number of rotatable bonds is 3. The summed E-state index contributed by atoms with van der Waals surface area (Å²) in [5.74, 6) is 0. The Kier molecular flexibility index (Phi) is 5.04. The van der Waals surface area contributed by atoms with Gasteiger partial charge in [0.25, 0.3) is 0 Å². The number of pyridine rings is 1. The predicted octanol–water partition coefficient (Wildman–Crippen LogP) is 3.88. The number of aromatic nitrogens is 1. The van der Waals surface area contributed by atoms with Gasteiger partial charge in [-0.05, 0) is 46.5 Å². The average Bonchev–Trinajstić information content (AvgIpc) is 2.50. The molecule has 5 nitrogen and oxygen atoms in total. The molecule has 0 bridgehead atoms. The van der Waals surface area contributed by atoms with Crippen LogP contribution in [0.25, 0.3) is 10.8 Å². The molecule has 0 aliphatic carbocycles. The van der Waals surface area contributed by atoms with E-state index in [2.05, 4.69) is 37.2 Å².